The third-order valence-electron chi connectivity index (χ3n) is 6.46. The van der Waals surface area contributed by atoms with Crippen molar-refractivity contribution >= 4 is 0 Å². The van der Waals surface area contributed by atoms with Crippen molar-refractivity contribution in [1.29, 1.82) is 0 Å². The standard InChI is InChI=1S/C25H42/c1-20-21(2)23(13-9-11-17-25(6)18-19-25)15-14-22(20)12-8-7-10-16-24(3,4)5/h14-15H,7-13,16-19H2,1-6H3. The molecule has 2 rings (SSSR count). The number of hydrogen-bond donors (Lipinski definition) is 0. The van der Waals surface area contributed by atoms with E-state index in [0.717, 1.165) is 5.41 Å². The molecule has 0 atom stereocenters. The molecule has 0 N–H and O–H groups in total. The van der Waals surface area contributed by atoms with Crippen molar-refractivity contribution in [3.05, 3.63) is 34.4 Å². The van der Waals surface area contributed by atoms with Gasteiger partial charge in [0.25, 0.3) is 0 Å². The molecule has 0 amide bonds. The van der Waals surface area contributed by atoms with E-state index < -0.39 is 0 Å². The van der Waals surface area contributed by atoms with Crippen molar-refractivity contribution in [2.24, 2.45) is 10.8 Å². The molecule has 0 bridgehead atoms. The van der Waals surface area contributed by atoms with E-state index in [0.29, 0.717) is 5.41 Å². The average Bonchev–Trinajstić information content (AvgIpc) is 3.26. The minimum atomic E-state index is 0.491. The molecule has 1 aromatic rings. The summed E-state index contributed by atoms with van der Waals surface area (Å²) in [5, 5.41) is 0. The van der Waals surface area contributed by atoms with Crippen LogP contribution in [0.3, 0.4) is 0 Å². The van der Waals surface area contributed by atoms with Gasteiger partial charge in [0.2, 0.25) is 0 Å². The number of unbranched alkanes of at least 4 members (excludes halogenated alkanes) is 3. The van der Waals surface area contributed by atoms with Gasteiger partial charge in [-0.3, -0.25) is 0 Å². The minimum absolute atomic E-state index is 0.491. The van der Waals surface area contributed by atoms with Gasteiger partial charge in [0.15, 0.2) is 0 Å². The van der Waals surface area contributed by atoms with Crippen LogP contribution in [-0.4, -0.2) is 0 Å². The third-order valence-corrected chi connectivity index (χ3v) is 6.46. The van der Waals surface area contributed by atoms with Crippen LogP contribution in [0.2, 0.25) is 0 Å². The van der Waals surface area contributed by atoms with Gasteiger partial charge in [0.1, 0.15) is 0 Å². The van der Waals surface area contributed by atoms with Gasteiger partial charge in [0.05, 0.1) is 0 Å². The lowest BCUT2D eigenvalue weighted by Crippen LogP contribution is -2.04. The fourth-order valence-electron chi connectivity index (χ4n) is 3.95. The molecule has 0 radical (unpaired) electrons. The lowest BCUT2D eigenvalue weighted by atomic mass is 9.88. The molecular formula is C25H42. The van der Waals surface area contributed by atoms with Gasteiger partial charge >= 0.3 is 0 Å². The zero-order chi connectivity index (χ0) is 18.5. The van der Waals surface area contributed by atoms with E-state index in [1.54, 1.807) is 22.3 Å². The smallest absolute Gasteiger partial charge is 0.0276 e. The maximum atomic E-state index is 2.46. The Balaban J connectivity index is 1.74. The first-order valence-corrected chi connectivity index (χ1v) is 10.8. The number of rotatable bonds is 10. The molecule has 0 saturated heterocycles. The van der Waals surface area contributed by atoms with Crippen molar-refractivity contribution in [2.75, 3.05) is 0 Å². The van der Waals surface area contributed by atoms with Crippen molar-refractivity contribution in [2.45, 2.75) is 112 Å². The van der Waals surface area contributed by atoms with Gasteiger partial charge < -0.3 is 0 Å². The van der Waals surface area contributed by atoms with E-state index in [1.807, 2.05) is 0 Å². The number of aryl methyl sites for hydroxylation is 2. The van der Waals surface area contributed by atoms with Crippen LogP contribution < -0.4 is 0 Å². The summed E-state index contributed by atoms with van der Waals surface area (Å²) in [5.74, 6) is 0. The van der Waals surface area contributed by atoms with E-state index in [1.165, 1.54) is 70.6 Å². The molecule has 1 aliphatic carbocycles. The van der Waals surface area contributed by atoms with E-state index in [4.69, 9.17) is 0 Å². The fraction of sp³-hybridized carbons (Fsp3) is 0.760. The van der Waals surface area contributed by atoms with Crippen LogP contribution in [0.5, 0.6) is 0 Å². The zero-order valence-corrected chi connectivity index (χ0v) is 17.9. The molecule has 0 unspecified atom stereocenters. The van der Waals surface area contributed by atoms with Crippen LogP contribution >= 0.6 is 0 Å². The van der Waals surface area contributed by atoms with E-state index in [-0.39, 0.29) is 0 Å². The molecule has 25 heavy (non-hydrogen) atoms. The Morgan fingerprint density at radius 2 is 1.32 bits per heavy atom. The molecular weight excluding hydrogens is 300 g/mol. The number of benzene rings is 1. The summed E-state index contributed by atoms with van der Waals surface area (Å²) < 4.78 is 0. The van der Waals surface area contributed by atoms with E-state index in [2.05, 4.69) is 53.7 Å². The molecule has 0 heterocycles. The third kappa shape index (κ3) is 7.16. The van der Waals surface area contributed by atoms with Crippen molar-refractivity contribution in [3.63, 3.8) is 0 Å². The maximum absolute atomic E-state index is 2.46. The summed E-state index contributed by atoms with van der Waals surface area (Å²) in [5.41, 5.74) is 7.51. The highest BCUT2D eigenvalue weighted by Gasteiger charge is 2.35. The second kappa shape index (κ2) is 8.74. The Bertz CT molecular complexity index is 540. The van der Waals surface area contributed by atoms with E-state index >= 15 is 0 Å². The normalized spacial score (nSPS) is 16.2. The second-order valence-electron chi connectivity index (χ2n) is 10.3. The van der Waals surface area contributed by atoms with Crippen LogP contribution in [0.25, 0.3) is 0 Å². The van der Waals surface area contributed by atoms with Gasteiger partial charge in [-0.15, -0.1) is 0 Å². The van der Waals surface area contributed by atoms with Crippen molar-refractivity contribution in [3.8, 4) is 0 Å². The van der Waals surface area contributed by atoms with Gasteiger partial charge in [-0.1, -0.05) is 59.1 Å². The highest BCUT2D eigenvalue weighted by molar-refractivity contribution is 5.39. The molecule has 0 heteroatoms. The molecule has 1 saturated carbocycles. The lowest BCUT2D eigenvalue weighted by Gasteiger charge is -2.18. The highest BCUT2D eigenvalue weighted by Crippen LogP contribution is 2.49. The Hall–Kier alpha value is -0.780. The van der Waals surface area contributed by atoms with Gasteiger partial charge in [0, 0.05) is 0 Å². The Kier molecular flexibility index (Phi) is 7.18. The molecule has 0 aromatic heterocycles. The first-order chi connectivity index (χ1) is 11.7. The first-order valence-electron chi connectivity index (χ1n) is 10.8. The van der Waals surface area contributed by atoms with Gasteiger partial charge in [-0.05, 0) is 98.3 Å². The van der Waals surface area contributed by atoms with Crippen molar-refractivity contribution in [1.82, 2.24) is 0 Å². The molecule has 0 nitrogen and oxygen atoms in total. The largest absolute Gasteiger partial charge is 0.0602 e. The lowest BCUT2D eigenvalue weighted by molar-refractivity contribution is 0.358. The maximum Gasteiger partial charge on any atom is -0.0276 e. The predicted octanol–water partition coefficient (Wildman–Crippen LogP) is 7.97. The Labute approximate surface area is 157 Å². The molecule has 142 valence electrons. The Morgan fingerprint density at radius 1 is 0.800 bits per heavy atom. The first kappa shape index (κ1) is 20.5. The summed E-state index contributed by atoms with van der Waals surface area (Å²) in [7, 11) is 0. The van der Waals surface area contributed by atoms with Gasteiger partial charge in [-0.25, -0.2) is 0 Å². The summed E-state index contributed by atoms with van der Waals surface area (Å²) >= 11 is 0. The quantitative estimate of drug-likeness (QED) is 0.378. The zero-order valence-electron chi connectivity index (χ0n) is 17.9. The number of hydrogen-bond acceptors (Lipinski definition) is 0. The SMILES string of the molecule is Cc1c(CCCCCC(C)(C)C)ccc(CCCCC2(C)CC2)c1C. The molecule has 0 aliphatic heterocycles. The second-order valence-corrected chi connectivity index (χ2v) is 10.3. The van der Waals surface area contributed by atoms with Crippen LogP contribution in [0, 0.1) is 24.7 Å². The molecule has 1 aromatic carbocycles. The summed E-state index contributed by atoms with van der Waals surface area (Å²) in [6.07, 6.45) is 15.1. The minimum Gasteiger partial charge on any atom is -0.0602 e. The average molecular weight is 343 g/mol. The highest BCUT2D eigenvalue weighted by atomic mass is 14.4. The topological polar surface area (TPSA) is 0 Å². The van der Waals surface area contributed by atoms with Crippen molar-refractivity contribution < 1.29 is 0 Å². The molecule has 1 fully saturated rings. The summed E-state index contributed by atoms with van der Waals surface area (Å²) in [6, 6.07) is 4.84. The predicted molar refractivity (Wildman–Crippen MR) is 112 cm³/mol. The summed E-state index contributed by atoms with van der Waals surface area (Å²) in [6.45, 7) is 14.2. The Morgan fingerprint density at radius 3 is 1.80 bits per heavy atom. The van der Waals surface area contributed by atoms with Crippen LogP contribution in [0.15, 0.2) is 12.1 Å². The molecule has 1 aliphatic rings. The van der Waals surface area contributed by atoms with Gasteiger partial charge in [-0.2, -0.15) is 0 Å². The van der Waals surface area contributed by atoms with Crippen LogP contribution in [-0.2, 0) is 12.8 Å². The fourth-order valence-corrected chi connectivity index (χ4v) is 3.95. The van der Waals surface area contributed by atoms with Crippen LogP contribution in [0.1, 0.15) is 108 Å². The summed E-state index contributed by atoms with van der Waals surface area (Å²) in [4.78, 5) is 0. The monoisotopic (exact) mass is 342 g/mol. The van der Waals surface area contributed by atoms with Crippen LogP contribution in [0.4, 0.5) is 0 Å². The van der Waals surface area contributed by atoms with E-state index in [9.17, 15) is 0 Å². The molecule has 0 spiro atoms.